The Morgan fingerprint density at radius 1 is 1.13 bits per heavy atom. The van der Waals surface area contributed by atoms with Gasteiger partial charge in [-0.25, -0.2) is 0 Å². The number of amides is 1. The Bertz CT molecular complexity index is 596. The van der Waals surface area contributed by atoms with Crippen LogP contribution in [-0.4, -0.2) is 23.4 Å². The largest absolute Gasteiger partial charge is 0.411 e. The number of carbonyl (C=O) groups is 1. The first kappa shape index (κ1) is 15.2. The number of carbonyl (C=O) groups excluding carboxylic acids is 1. The fraction of sp³-hybridized carbons (Fsp3) is 0.789. The minimum atomic E-state index is 0.0957. The van der Waals surface area contributed by atoms with E-state index in [2.05, 4.69) is 24.3 Å². The van der Waals surface area contributed by atoms with Crippen molar-refractivity contribution in [3.05, 3.63) is 11.6 Å². The molecule has 4 heteroatoms. The van der Waals surface area contributed by atoms with Gasteiger partial charge in [-0.1, -0.05) is 24.6 Å². The maximum atomic E-state index is 11.9. The summed E-state index contributed by atoms with van der Waals surface area (Å²) in [7, 11) is 0. The van der Waals surface area contributed by atoms with Gasteiger partial charge in [-0.3, -0.25) is 4.79 Å². The molecule has 4 rings (SSSR count). The number of hydrogen-bond acceptors (Lipinski definition) is 3. The van der Waals surface area contributed by atoms with Crippen LogP contribution in [0.5, 0.6) is 0 Å². The summed E-state index contributed by atoms with van der Waals surface area (Å²) < 4.78 is 0. The predicted octanol–water partition coefficient (Wildman–Crippen LogP) is 3.51. The fourth-order valence-corrected chi connectivity index (χ4v) is 6.52. The second kappa shape index (κ2) is 5.09. The smallest absolute Gasteiger partial charge is 0.243 e. The summed E-state index contributed by atoms with van der Waals surface area (Å²) in [5.41, 5.74) is 2.69. The minimum absolute atomic E-state index is 0.0957. The third-order valence-corrected chi connectivity index (χ3v) is 7.85. The van der Waals surface area contributed by atoms with E-state index in [1.54, 1.807) is 0 Å². The molecule has 0 aromatic rings. The lowest BCUT2D eigenvalue weighted by Crippen LogP contribution is -2.50. The molecule has 0 bridgehead atoms. The zero-order valence-corrected chi connectivity index (χ0v) is 14.3. The van der Waals surface area contributed by atoms with E-state index >= 15 is 0 Å². The highest BCUT2D eigenvalue weighted by molar-refractivity contribution is 5.92. The Hall–Kier alpha value is -1.32. The van der Waals surface area contributed by atoms with Crippen LogP contribution in [0.4, 0.5) is 0 Å². The maximum Gasteiger partial charge on any atom is 0.243 e. The number of nitrogens with zero attached hydrogens (tertiary/aromatic N) is 1. The number of nitrogens with one attached hydrogen (secondary N) is 1. The van der Waals surface area contributed by atoms with Crippen LogP contribution in [-0.2, 0) is 4.79 Å². The van der Waals surface area contributed by atoms with Crippen molar-refractivity contribution >= 4 is 11.6 Å². The van der Waals surface area contributed by atoms with Gasteiger partial charge in [-0.05, 0) is 68.1 Å². The van der Waals surface area contributed by atoms with Crippen LogP contribution in [0.1, 0.15) is 58.8 Å². The van der Waals surface area contributed by atoms with E-state index in [1.165, 1.54) is 24.8 Å². The summed E-state index contributed by atoms with van der Waals surface area (Å²) in [5.74, 6) is 2.13. The summed E-state index contributed by atoms with van der Waals surface area (Å²) >= 11 is 0. The average molecular weight is 316 g/mol. The summed E-state index contributed by atoms with van der Waals surface area (Å²) in [6.45, 7) is 5.51. The normalized spacial score (nSPS) is 47.9. The maximum absolute atomic E-state index is 11.9. The molecule has 1 amide bonds. The van der Waals surface area contributed by atoms with Gasteiger partial charge in [0, 0.05) is 18.0 Å². The second-order valence-corrected chi connectivity index (χ2v) is 8.59. The van der Waals surface area contributed by atoms with Crippen molar-refractivity contribution in [2.24, 2.45) is 33.7 Å². The molecule has 4 aliphatic rings. The van der Waals surface area contributed by atoms with Gasteiger partial charge in [-0.15, -0.1) is 0 Å². The molecule has 1 heterocycles. The molecule has 1 aliphatic heterocycles. The molecular weight excluding hydrogens is 288 g/mol. The van der Waals surface area contributed by atoms with Crippen LogP contribution in [0.15, 0.2) is 16.8 Å². The first-order valence-corrected chi connectivity index (χ1v) is 9.19. The van der Waals surface area contributed by atoms with Gasteiger partial charge in [-0.2, -0.15) is 0 Å². The standard InChI is InChI=1S/C19H28N2O2/c1-18-9-10-20-17(22)11-12(18)3-4-13-14-5-6-16(21-23)19(14,2)8-7-15(13)18/h11,13-15,23H,3-10H2,1-2H3,(H,20,22). The van der Waals surface area contributed by atoms with E-state index in [0.29, 0.717) is 17.8 Å². The van der Waals surface area contributed by atoms with E-state index in [0.717, 1.165) is 37.9 Å². The van der Waals surface area contributed by atoms with Gasteiger partial charge in [0.05, 0.1) is 5.71 Å². The molecule has 23 heavy (non-hydrogen) atoms. The quantitative estimate of drug-likeness (QED) is 0.531. The highest BCUT2D eigenvalue weighted by Crippen LogP contribution is 2.63. The van der Waals surface area contributed by atoms with Crippen molar-refractivity contribution in [2.45, 2.75) is 58.8 Å². The van der Waals surface area contributed by atoms with Crippen LogP contribution in [0.3, 0.4) is 0 Å². The molecule has 3 saturated carbocycles. The average Bonchev–Trinajstić information content (AvgIpc) is 2.78. The molecule has 2 N–H and O–H groups in total. The second-order valence-electron chi connectivity index (χ2n) is 8.59. The minimum Gasteiger partial charge on any atom is -0.411 e. The lowest BCUT2D eigenvalue weighted by atomic mass is 9.48. The van der Waals surface area contributed by atoms with Crippen molar-refractivity contribution in [3.63, 3.8) is 0 Å². The topological polar surface area (TPSA) is 61.7 Å². The lowest BCUT2D eigenvalue weighted by Gasteiger charge is -2.56. The Kier molecular flexibility index (Phi) is 3.37. The Labute approximate surface area is 138 Å². The van der Waals surface area contributed by atoms with E-state index in [-0.39, 0.29) is 16.7 Å². The SMILES string of the molecule is CC12CCNC(=O)C=C1CCC1C2CCC2(C)C(=NO)CCC12. The van der Waals surface area contributed by atoms with Gasteiger partial charge >= 0.3 is 0 Å². The molecule has 5 unspecified atom stereocenters. The molecule has 0 saturated heterocycles. The first-order valence-electron chi connectivity index (χ1n) is 9.19. The Morgan fingerprint density at radius 3 is 2.70 bits per heavy atom. The van der Waals surface area contributed by atoms with Gasteiger partial charge in [0.2, 0.25) is 5.91 Å². The highest BCUT2D eigenvalue weighted by atomic mass is 16.4. The fourth-order valence-electron chi connectivity index (χ4n) is 6.52. The van der Waals surface area contributed by atoms with Crippen LogP contribution >= 0.6 is 0 Å². The van der Waals surface area contributed by atoms with Crippen LogP contribution in [0.25, 0.3) is 0 Å². The highest BCUT2D eigenvalue weighted by Gasteiger charge is 2.58. The number of fused-ring (bicyclic) bond motifs is 5. The molecule has 0 spiro atoms. The molecule has 0 aromatic carbocycles. The van der Waals surface area contributed by atoms with Crippen molar-refractivity contribution in [2.75, 3.05) is 6.54 Å². The predicted molar refractivity (Wildman–Crippen MR) is 89.3 cm³/mol. The molecule has 0 radical (unpaired) electrons. The molecule has 126 valence electrons. The van der Waals surface area contributed by atoms with Crippen molar-refractivity contribution < 1.29 is 10.0 Å². The van der Waals surface area contributed by atoms with Gasteiger partial charge in [0.1, 0.15) is 0 Å². The van der Waals surface area contributed by atoms with Crippen LogP contribution in [0, 0.1) is 28.6 Å². The third kappa shape index (κ3) is 2.03. The number of rotatable bonds is 0. The van der Waals surface area contributed by atoms with E-state index < -0.39 is 0 Å². The van der Waals surface area contributed by atoms with E-state index in [1.807, 2.05) is 6.08 Å². The molecular formula is C19H28N2O2. The molecule has 0 aromatic heterocycles. The zero-order chi connectivity index (χ0) is 16.2. The molecule has 4 nitrogen and oxygen atoms in total. The Balaban J connectivity index is 1.70. The summed E-state index contributed by atoms with van der Waals surface area (Å²) in [6.07, 6.45) is 9.66. The zero-order valence-electron chi connectivity index (χ0n) is 14.3. The van der Waals surface area contributed by atoms with Gasteiger partial charge in [0.15, 0.2) is 0 Å². The summed E-state index contributed by atoms with van der Waals surface area (Å²) in [4.78, 5) is 11.9. The van der Waals surface area contributed by atoms with E-state index in [9.17, 15) is 10.0 Å². The van der Waals surface area contributed by atoms with Crippen LogP contribution in [0.2, 0.25) is 0 Å². The third-order valence-electron chi connectivity index (χ3n) is 7.85. The number of allylic oxidation sites excluding steroid dienone is 1. The van der Waals surface area contributed by atoms with Crippen molar-refractivity contribution in [1.29, 1.82) is 0 Å². The van der Waals surface area contributed by atoms with E-state index in [4.69, 9.17) is 0 Å². The van der Waals surface area contributed by atoms with Crippen molar-refractivity contribution in [3.8, 4) is 0 Å². The van der Waals surface area contributed by atoms with Crippen molar-refractivity contribution in [1.82, 2.24) is 5.32 Å². The first-order chi connectivity index (χ1) is 11.0. The van der Waals surface area contributed by atoms with Gasteiger partial charge < -0.3 is 10.5 Å². The number of oxime groups is 1. The number of hydrogen-bond donors (Lipinski definition) is 2. The summed E-state index contributed by atoms with van der Waals surface area (Å²) in [6, 6.07) is 0. The van der Waals surface area contributed by atoms with Gasteiger partial charge in [0.25, 0.3) is 0 Å². The van der Waals surface area contributed by atoms with Crippen LogP contribution < -0.4 is 5.32 Å². The molecule has 3 fully saturated rings. The lowest BCUT2D eigenvalue weighted by molar-refractivity contribution is -0.116. The summed E-state index contributed by atoms with van der Waals surface area (Å²) in [5, 5.41) is 16.1. The Morgan fingerprint density at radius 2 is 1.91 bits per heavy atom. The monoisotopic (exact) mass is 316 g/mol. The molecule has 5 atom stereocenters. The molecule has 3 aliphatic carbocycles.